The van der Waals surface area contributed by atoms with Crippen LogP contribution in [-0.4, -0.2) is 28.9 Å². The maximum atomic E-state index is 6.27. The summed E-state index contributed by atoms with van der Waals surface area (Å²) in [5, 5.41) is 5.33. The molecular formula is C12H18Cl2N2O. The van der Waals surface area contributed by atoms with Crippen molar-refractivity contribution in [2.45, 2.75) is 43.5 Å². The molecule has 96 valence electrons. The van der Waals surface area contributed by atoms with Gasteiger partial charge in [0.05, 0.1) is 30.1 Å². The van der Waals surface area contributed by atoms with Crippen molar-refractivity contribution in [3.05, 3.63) is 16.9 Å². The Bertz CT molecular complexity index is 394. The first-order valence-electron chi connectivity index (χ1n) is 5.91. The highest BCUT2D eigenvalue weighted by molar-refractivity contribution is 6.31. The second-order valence-electron chi connectivity index (χ2n) is 4.96. The van der Waals surface area contributed by atoms with Gasteiger partial charge >= 0.3 is 0 Å². The van der Waals surface area contributed by atoms with Gasteiger partial charge in [0.25, 0.3) is 0 Å². The Kier molecular flexibility index (Phi) is 4.01. The van der Waals surface area contributed by atoms with Gasteiger partial charge in [-0.25, -0.2) is 0 Å². The molecule has 0 radical (unpaired) electrons. The second kappa shape index (κ2) is 5.17. The van der Waals surface area contributed by atoms with E-state index >= 15 is 0 Å². The van der Waals surface area contributed by atoms with Crippen molar-refractivity contribution in [1.29, 1.82) is 0 Å². The van der Waals surface area contributed by atoms with E-state index in [0.717, 1.165) is 36.5 Å². The third kappa shape index (κ3) is 2.61. The zero-order valence-electron chi connectivity index (χ0n) is 10.2. The number of rotatable bonds is 4. The van der Waals surface area contributed by atoms with Gasteiger partial charge in [0.2, 0.25) is 0 Å². The molecule has 1 aromatic rings. The lowest BCUT2D eigenvalue weighted by molar-refractivity contribution is 0.180. The van der Waals surface area contributed by atoms with Crippen LogP contribution in [0.5, 0.6) is 0 Å². The van der Waals surface area contributed by atoms with E-state index in [9.17, 15) is 0 Å². The molecule has 5 heteroatoms. The average Bonchev–Trinajstić information content (AvgIpc) is 2.80. The number of halogens is 2. The van der Waals surface area contributed by atoms with Crippen LogP contribution in [-0.2, 0) is 16.7 Å². The van der Waals surface area contributed by atoms with Crippen LogP contribution in [0.15, 0.2) is 6.20 Å². The quantitative estimate of drug-likeness (QED) is 0.790. The Labute approximate surface area is 112 Å². The predicted molar refractivity (Wildman–Crippen MR) is 70.0 cm³/mol. The first-order chi connectivity index (χ1) is 8.07. The van der Waals surface area contributed by atoms with Crippen LogP contribution in [0.2, 0.25) is 5.02 Å². The van der Waals surface area contributed by atoms with Crippen molar-refractivity contribution in [3.8, 4) is 0 Å². The molecule has 17 heavy (non-hydrogen) atoms. The van der Waals surface area contributed by atoms with E-state index in [-0.39, 0.29) is 10.8 Å². The van der Waals surface area contributed by atoms with Gasteiger partial charge < -0.3 is 4.74 Å². The molecular weight excluding hydrogens is 259 g/mol. The van der Waals surface area contributed by atoms with Crippen LogP contribution < -0.4 is 0 Å². The number of hydrogen-bond acceptors (Lipinski definition) is 2. The number of aromatic nitrogens is 2. The Balaban J connectivity index is 2.27. The summed E-state index contributed by atoms with van der Waals surface area (Å²) in [6.45, 7) is 3.61. The Hall–Kier alpha value is -0.250. The summed E-state index contributed by atoms with van der Waals surface area (Å²) in [6, 6.07) is 0. The maximum Gasteiger partial charge on any atom is 0.0823 e. The molecule has 2 rings (SSSR count). The Morgan fingerprint density at radius 1 is 1.65 bits per heavy atom. The van der Waals surface area contributed by atoms with Gasteiger partial charge in [-0.3, -0.25) is 4.68 Å². The summed E-state index contributed by atoms with van der Waals surface area (Å²) >= 11 is 12.5. The van der Waals surface area contributed by atoms with Crippen LogP contribution in [0.3, 0.4) is 0 Å². The molecule has 1 fully saturated rings. The number of hydrogen-bond donors (Lipinski definition) is 0. The van der Waals surface area contributed by atoms with Gasteiger partial charge in [-0.05, 0) is 19.3 Å². The van der Waals surface area contributed by atoms with Crippen molar-refractivity contribution < 1.29 is 4.74 Å². The van der Waals surface area contributed by atoms with Crippen molar-refractivity contribution in [2.75, 3.05) is 13.7 Å². The van der Waals surface area contributed by atoms with Gasteiger partial charge in [-0.2, -0.15) is 5.10 Å². The van der Waals surface area contributed by atoms with E-state index in [1.165, 1.54) is 0 Å². The van der Waals surface area contributed by atoms with Gasteiger partial charge in [0.1, 0.15) is 0 Å². The largest absolute Gasteiger partial charge is 0.383 e. The lowest BCUT2D eigenvalue weighted by atomic mass is 9.85. The van der Waals surface area contributed by atoms with E-state index in [2.05, 4.69) is 12.0 Å². The van der Waals surface area contributed by atoms with E-state index in [0.29, 0.717) is 6.61 Å². The van der Waals surface area contributed by atoms with Gasteiger partial charge in [0, 0.05) is 17.9 Å². The third-order valence-corrected chi connectivity index (χ3v) is 4.20. The lowest BCUT2D eigenvalue weighted by Gasteiger charge is -2.25. The van der Waals surface area contributed by atoms with Crippen molar-refractivity contribution in [2.24, 2.45) is 0 Å². The van der Waals surface area contributed by atoms with Crippen LogP contribution in [0.1, 0.15) is 31.9 Å². The molecule has 0 aromatic carbocycles. The zero-order chi connectivity index (χ0) is 12.5. The highest BCUT2D eigenvalue weighted by Crippen LogP contribution is 2.45. The van der Waals surface area contributed by atoms with Gasteiger partial charge in [0.15, 0.2) is 0 Å². The molecule has 0 saturated heterocycles. The van der Waals surface area contributed by atoms with Crippen molar-refractivity contribution in [1.82, 2.24) is 9.78 Å². The summed E-state index contributed by atoms with van der Waals surface area (Å²) in [5.74, 6) is 0. The monoisotopic (exact) mass is 276 g/mol. The van der Waals surface area contributed by atoms with Crippen molar-refractivity contribution >= 4 is 23.2 Å². The minimum absolute atomic E-state index is 0.0493. The van der Waals surface area contributed by atoms with Crippen LogP contribution in [0.25, 0.3) is 0 Å². The minimum atomic E-state index is 0.0493. The van der Waals surface area contributed by atoms with E-state index < -0.39 is 0 Å². The molecule has 0 spiro atoms. The SMILES string of the molecule is COCCn1ncc(Cl)c1C1(C)CCC(Cl)C1. The normalized spacial score (nSPS) is 28.8. The molecule has 1 saturated carbocycles. The predicted octanol–water partition coefficient (Wildman–Crippen LogP) is 3.23. The zero-order valence-corrected chi connectivity index (χ0v) is 11.8. The molecule has 0 amide bonds. The van der Waals surface area contributed by atoms with E-state index in [4.69, 9.17) is 27.9 Å². The number of nitrogens with zero attached hydrogens (tertiary/aromatic N) is 2. The molecule has 0 aliphatic heterocycles. The second-order valence-corrected chi connectivity index (χ2v) is 5.98. The first kappa shape index (κ1) is 13.2. The van der Waals surface area contributed by atoms with Crippen LogP contribution >= 0.6 is 23.2 Å². The molecule has 1 aromatic heterocycles. The first-order valence-corrected chi connectivity index (χ1v) is 6.73. The van der Waals surface area contributed by atoms with Crippen LogP contribution in [0.4, 0.5) is 0 Å². The molecule has 1 aliphatic carbocycles. The van der Waals surface area contributed by atoms with Gasteiger partial charge in [-0.15, -0.1) is 11.6 Å². The molecule has 3 nitrogen and oxygen atoms in total. The lowest BCUT2D eigenvalue weighted by Crippen LogP contribution is -2.24. The standard InChI is InChI=1S/C12H18Cl2N2O/c1-12(4-3-9(13)7-12)11-10(14)8-15-16(11)5-6-17-2/h8-9H,3-7H2,1-2H3. The molecule has 1 aliphatic rings. The van der Waals surface area contributed by atoms with Crippen molar-refractivity contribution in [3.63, 3.8) is 0 Å². The summed E-state index contributed by atoms with van der Waals surface area (Å²) in [5.41, 5.74) is 1.16. The van der Waals surface area contributed by atoms with Crippen LogP contribution in [0, 0.1) is 0 Å². The number of ether oxygens (including phenoxy) is 1. The average molecular weight is 277 g/mol. The summed E-state index contributed by atoms with van der Waals surface area (Å²) in [7, 11) is 1.69. The molecule has 2 unspecified atom stereocenters. The summed E-state index contributed by atoms with van der Waals surface area (Å²) in [6.07, 6.45) is 4.80. The summed E-state index contributed by atoms with van der Waals surface area (Å²) < 4.78 is 7.06. The molecule has 2 atom stereocenters. The fraction of sp³-hybridized carbons (Fsp3) is 0.750. The number of methoxy groups -OCH3 is 1. The van der Waals surface area contributed by atoms with E-state index in [1.807, 2.05) is 4.68 Å². The molecule has 0 N–H and O–H groups in total. The Morgan fingerprint density at radius 2 is 2.41 bits per heavy atom. The maximum absolute atomic E-state index is 6.27. The highest BCUT2D eigenvalue weighted by atomic mass is 35.5. The summed E-state index contributed by atoms with van der Waals surface area (Å²) in [4.78, 5) is 0. The molecule has 1 heterocycles. The fourth-order valence-electron chi connectivity index (χ4n) is 2.69. The smallest absolute Gasteiger partial charge is 0.0823 e. The Morgan fingerprint density at radius 3 is 3.00 bits per heavy atom. The third-order valence-electron chi connectivity index (χ3n) is 3.56. The van der Waals surface area contributed by atoms with Gasteiger partial charge in [-0.1, -0.05) is 18.5 Å². The minimum Gasteiger partial charge on any atom is -0.383 e. The highest BCUT2D eigenvalue weighted by Gasteiger charge is 2.39. The number of alkyl halides is 1. The topological polar surface area (TPSA) is 27.1 Å². The van der Waals surface area contributed by atoms with E-state index in [1.54, 1.807) is 13.3 Å². The fourth-order valence-corrected chi connectivity index (χ4v) is 3.51. The molecule has 0 bridgehead atoms.